The molecule has 0 bridgehead atoms. The molecule has 7 heteroatoms. The molecule has 1 aliphatic heterocycles. The van der Waals surface area contributed by atoms with E-state index in [1.165, 1.54) is 36.4 Å². The van der Waals surface area contributed by atoms with Crippen LogP contribution in [0.5, 0.6) is 0 Å². The lowest BCUT2D eigenvalue weighted by molar-refractivity contribution is -0.137. The number of benzene rings is 3. The second kappa shape index (κ2) is 6.99. The Hall–Kier alpha value is -3.22. The van der Waals surface area contributed by atoms with Gasteiger partial charge in [-0.2, -0.15) is 13.2 Å². The molecule has 4 rings (SSSR count). The Kier molecular flexibility index (Phi) is 4.61. The van der Waals surface area contributed by atoms with Crippen molar-refractivity contribution in [3.8, 4) is 0 Å². The zero-order chi connectivity index (χ0) is 20.6. The topological polar surface area (TPSA) is 24.4 Å². The van der Waals surface area contributed by atoms with E-state index in [0.717, 1.165) is 12.1 Å². The summed E-state index contributed by atoms with van der Waals surface area (Å²) in [4.78, 5) is 4.43. The summed E-state index contributed by atoms with van der Waals surface area (Å²) in [6, 6.07) is 16.4. The zero-order valence-corrected chi connectivity index (χ0v) is 15.0. The highest BCUT2D eigenvalue weighted by atomic mass is 19.4. The fourth-order valence-electron chi connectivity index (χ4n) is 3.45. The van der Waals surface area contributed by atoms with E-state index >= 15 is 0 Å². The van der Waals surface area contributed by atoms with Crippen LogP contribution in [0.1, 0.15) is 22.3 Å². The van der Waals surface area contributed by atoms with Crippen molar-refractivity contribution in [2.45, 2.75) is 11.7 Å². The molecule has 2 nitrogen and oxygen atoms in total. The molecule has 1 N–H and O–H groups in total. The summed E-state index contributed by atoms with van der Waals surface area (Å²) < 4.78 is 66.1. The molecule has 0 atom stereocenters. The van der Waals surface area contributed by atoms with E-state index in [2.05, 4.69) is 10.3 Å². The number of aliphatic imine (C=N–C) groups is 1. The molecule has 0 radical (unpaired) electrons. The third-order valence-corrected chi connectivity index (χ3v) is 4.94. The average molecular weight is 402 g/mol. The van der Waals surface area contributed by atoms with Crippen LogP contribution in [-0.2, 0) is 11.7 Å². The minimum atomic E-state index is -4.47. The second-order valence-electron chi connectivity index (χ2n) is 6.79. The number of hydrogen-bond donors (Lipinski definition) is 1. The third-order valence-electron chi connectivity index (χ3n) is 4.94. The molecule has 0 amide bonds. The molecule has 0 aromatic heterocycles. The van der Waals surface area contributed by atoms with Gasteiger partial charge >= 0.3 is 6.18 Å². The first-order valence-corrected chi connectivity index (χ1v) is 8.80. The summed E-state index contributed by atoms with van der Waals surface area (Å²) in [6.07, 6.45) is -4.47. The van der Waals surface area contributed by atoms with E-state index in [1.54, 1.807) is 24.3 Å². The Labute approximate surface area is 163 Å². The maximum Gasteiger partial charge on any atom is 0.416 e. The Morgan fingerprint density at radius 1 is 0.793 bits per heavy atom. The quantitative estimate of drug-likeness (QED) is 0.593. The van der Waals surface area contributed by atoms with Gasteiger partial charge in [-0.25, -0.2) is 8.78 Å². The molecule has 3 aromatic rings. The van der Waals surface area contributed by atoms with Gasteiger partial charge in [0.2, 0.25) is 0 Å². The lowest BCUT2D eigenvalue weighted by Crippen LogP contribution is -2.44. The van der Waals surface area contributed by atoms with Gasteiger partial charge in [0.1, 0.15) is 23.0 Å². The normalized spacial score (nSPS) is 15.7. The van der Waals surface area contributed by atoms with Crippen LogP contribution < -0.4 is 5.32 Å². The van der Waals surface area contributed by atoms with Crippen LogP contribution in [0.25, 0.3) is 0 Å². The van der Waals surface area contributed by atoms with Crippen molar-refractivity contribution >= 4 is 5.84 Å². The number of hydrogen-bond acceptors (Lipinski definition) is 2. The molecule has 0 aliphatic carbocycles. The van der Waals surface area contributed by atoms with E-state index in [-0.39, 0.29) is 17.9 Å². The van der Waals surface area contributed by atoms with Crippen molar-refractivity contribution < 1.29 is 22.0 Å². The number of nitrogens with zero attached hydrogens (tertiary/aromatic N) is 1. The minimum absolute atomic E-state index is 0.163. The van der Waals surface area contributed by atoms with Crippen molar-refractivity contribution in [3.63, 3.8) is 0 Å². The van der Waals surface area contributed by atoms with Crippen LogP contribution >= 0.6 is 0 Å². The molecular formula is C22H15F5N2. The minimum Gasteiger partial charge on any atom is -0.355 e. The van der Waals surface area contributed by atoms with Crippen LogP contribution in [0.2, 0.25) is 0 Å². The molecule has 0 fully saturated rings. The van der Waals surface area contributed by atoms with Gasteiger partial charge in [0.05, 0.1) is 12.1 Å². The molecule has 0 saturated heterocycles. The number of halogens is 5. The fraction of sp³-hybridized carbons (Fsp3) is 0.136. The first-order valence-electron chi connectivity index (χ1n) is 8.80. The Morgan fingerprint density at radius 3 is 1.86 bits per heavy atom. The Morgan fingerprint density at radius 2 is 1.34 bits per heavy atom. The maximum absolute atomic E-state index is 13.4. The van der Waals surface area contributed by atoms with E-state index < -0.39 is 28.9 Å². The van der Waals surface area contributed by atoms with Crippen molar-refractivity contribution in [2.75, 3.05) is 6.54 Å². The van der Waals surface area contributed by atoms with Gasteiger partial charge in [0.25, 0.3) is 0 Å². The highest BCUT2D eigenvalue weighted by Gasteiger charge is 2.40. The van der Waals surface area contributed by atoms with Crippen molar-refractivity contribution in [2.24, 2.45) is 4.99 Å². The number of rotatable bonds is 3. The van der Waals surface area contributed by atoms with Crippen molar-refractivity contribution in [3.05, 3.63) is 107 Å². The second-order valence-corrected chi connectivity index (χ2v) is 6.79. The van der Waals surface area contributed by atoms with Crippen LogP contribution in [-0.4, -0.2) is 12.4 Å². The van der Waals surface area contributed by atoms with Crippen LogP contribution in [0.3, 0.4) is 0 Å². The van der Waals surface area contributed by atoms with Crippen molar-refractivity contribution in [1.29, 1.82) is 0 Å². The first-order chi connectivity index (χ1) is 13.8. The summed E-state index contributed by atoms with van der Waals surface area (Å²) in [7, 11) is 0. The fourth-order valence-corrected chi connectivity index (χ4v) is 3.45. The molecule has 0 spiro atoms. The highest BCUT2D eigenvalue weighted by molar-refractivity contribution is 6.01. The Bertz CT molecular complexity index is 1010. The van der Waals surface area contributed by atoms with Gasteiger partial charge in [0, 0.05) is 5.56 Å². The molecule has 3 aromatic carbocycles. The van der Waals surface area contributed by atoms with Crippen molar-refractivity contribution in [1.82, 2.24) is 5.32 Å². The van der Waals surface area contributed by atoms with E-state index in [4.69, 9.17) is 0 Å². The first kappa shape index (κ1) is 19.1. The smallest absolute Gasteiger partial charge is 0.355 e. The molecule has 29 heavy (non-hydrogen) atoms. The lowest BCUT2D eigenvalue weighted by Gasteiger charge is -2.31. The van der Waals surface area contributed by atoms with Crippen LogP contribution in [0, 0.1) is 11.6 Å². The van der Waals surface area contributed by atoms with Crippen LogP contribution in [0.4, 0.5) is 22.0 Å². The summed E-state index contributed by atoms with van der Waals surface area (Å²) in [5.74, 6) is -0.551. The number of nitrogens with one attached hydrogen (secondary N) is 1. The lowest BCUT2D eigenvalue weighted by atomic mass is 9.83. The zero-order valence-electron chi connectivity index (χ0n) is 15.0. The van der Waals surface area contributed by atoms with E-state index in [1.807, 2.05) is 0 Å². The predicted octanol–water partition coefficient (Wildman–Crippen LogP) is 5.28. The van der Waals surface area contributed by atoms with Gasteiger partial charge < -0.3 is 5.32 Å². The molecular weight excluding hydrogens is 387 g/mol. The molecule has 148 valence electrons. The van der Waals surface area contributed by atoms with Crippen LogP contribution in [0.15, 0.2) is 77.8 Å². The van der Waals surface area contributed by atoms with Gasteiger partial charge in [0.15, 0.2) is 0 Å². The van der Waals surface area contributed by atoms with E-state index in [9.17, 15) is 22.0 Å². The summed E-state index contributed by atoms with van der Waals surface area (Å²) in [5.41, 5.74) is -0.121. The van der Waals surface area contributed by atoms with Gasteiger partial charge in [-0.3, -0.25) is 4.99 Å². The highest BCUT2D eigenvalue weighted by Crippen LogP contribution is 2.35. The van der Waals surface area contributed by atoms with Gasteiger partial charge in [-0.05, 0) is 47.5 Å². The number of alkyl halides is 3. The molecule has 1 heterocycles. The summed E-state index contributed by atoms with van der Waals surface area (Å²) in [6.45, 7) is 0.163. The maximum atomic E-state index is 13.4. The monoisotopic (exact) mass is 402 g/mol. The largest absolute Gasteiger partial charge is 0.416 e. The van der Waals surface area contributed by atoms with E-state index in [0.29, 0.717) is 11.1 Å². The summed E-state index contributed by atoms with van der Waals surface area (Å²) in [5, 5.41) is 3.21. The SMILES string of the molecule is Fc1ccc(C2(c3ccc(F)cc3)CN=C(c3cccc(C(F)(F)F)c3)N2)cc1. The van der Waals surface area contributed by atoms with Gasteiger partial charge in [-0.15, -0.1) is 0 Å². The Balaban J connectivity index is 1.76. The summed E-state index contributed by atoms with van der Waals surface area (Å²) >= 11 is 0. The standard InChI is InChI=1S/C22H15F5N2/c23-18-8-4-15(5-9-18)21(16-6-10-19(24)11-7-16)13-28-20(29-21)14-2-1-3-17(12-14)22(25,26)27/h1-12H,13H2,(H,28,29). The van der Waals surface area contributed by atoms with Gasteiger partial charge in [-0.1, -0.05) is 36.4 Å². The number of amidine groups is 1. The average Bonchev–Trinajstić information content (AvgIpc) is 3.15. The molecule has 1 aliphatic rings. The third kappa shape index (κ3) is 3.60. The molecule has 0 unspecified atom stereocenters. The molecule has 0 saturated carbocycles. The predicted molar refractivity (Wildman–Crippen MR) is 99.6 cm³/mol.